The molecule has 0 aromatic carbocycles. The smallest absolute Gasteiger partial charge is 0.0168 e. The summed E-state index contributed by atoms with van der Waals surface area (Å²) in [6.07, 6.45) is 5.63. The summed E-state index contributed by atoms with van der Waals surface area (Å²) in [4.78, 5) is 2.65. The third kappa shape index (κ3) is 4.80. The van der Waals surface area contributed by atoms with Crippen LogP contribution in [0.3, 0.4) is 0 Å². The lowest BCUT2D eigenvalue weighted by atomic mass is 10.1. The van der Waals surface area contributed by atoms with E-state index in [1.807, 2.05) is 0 Å². The Morgan fingerprint density at radius 1 is 1.29 bits per heavy atom. The highest BCUT2D eigenvalue weighted by atomic mass is 32.2. The summed E-state index contributed by atoms with van der Waals surface area (Å²) >= 11 is 2.12. The Morgan fingerprint density at radius 2 is 2.06 bits per heavy atom. The summed E-state index contributed by atoms with van der Waals surface area (Å²) in [5.41, 5.74) is 0. The van der Waals surface area contributed by atoms with Gasteiger partial charge in [0.25, 0.3) is 0 Å². The summed E-state index contributed by atoms with van der Waals surface area (Å²) in [7, 11) is 0. The van der Waals surface area contributed by atoms with E-state index in [0.717, 1.165) is 17.2 Å². The number of thioether (sulfide) groups is 1. The lowest BCUT2D eigenvalue weighted by molar-refractivity contribution is 0.197. The molecule has 0 aromatic rings. The molecule has 0 amide bonds. The van der Waals surface area contributed by atoms with Crippen LogP contribution in [-0.2, 0) is 0 Å². The first kappa shape index (κ1) is 13.7. The van der Waals surface area contributed by atoms with Gasteiger partial charge in [-0.3, -0.25) is 0 Å². The summed E-state index contributed by atoms with van der Waals surface area (Å²) in [5.74, 6) is 2.12. The van der Waals surface area contributed by atoms with Crippen LogP contribution in [0.5, 0.6) is 0 Å². The van der Waals surface area contributed by atoms with Gasteiger partial charge in [-0.2, -0.15) is 11.8 Å². The van der Waals surface area contributed by atoms with Crippen molar-refractivity contribution < 1.29 is 0 Å². The van der Waals surface area contributed by atoms with Crippen LogP contribution in [0.25, 0.3) is 0 Å². The van der Waals surface area contributed by atoms with Crippen LogP contribution >= 0.6 is 11.8 Å². The van der Waals surface area contributed by atoms with Gasteiger partial charge in [0.1, 0.15) is 0 Å². The molecule has 2 saturated heterocycles. The average molecular weight is 256 g/mol. The van der Waals surface area contributed by atoms with Crippen LogP contribution < -0.4 is 5.32 Å². The van der Waals surface area contributed by atoms with Crippen LogP contribution in [0.4, 0.5) is 0 Å². The van der Waals surface area contributed by atoms with E-state index >= 15 is 0 Å². The Morgan fingerprint density at radius 3 is 2.71 bits per heavy atom. The quantitative estimate of drug-likeness (QED) is 0.814. The van der Waals surface area contributed by atoms with Crippen molar-refractivity contribution in [1.82, 2.24) is 10.2 Å². The molecule has 17 heavy (non-hydrogen) atoms. The van der Waals surface area contributed by atoms with E-state index in [1.165, 1.54) is 57.6 Å². The first-order chi connectivity index (χ1) is 8.24. The van der Waals surface area contributed by atoms with Gasteiger partial charge in [0, 0.05) is 23.6 Å². The molecular formula is C14H28N2S. The molecular weight excluding hydrogens is 228 g/mol. The maximum absolute atomic E-state index is 3.75. The van der Waals surface area contributed by atoms with Crippen LogP contribution in [0.1, 0.15) is 39.5 Å². The van der Waals surface area contributed by atoms with Crippen molar-refractivity contribution in [1.29, 1.82) is 0 Å². The predicted octanol–water partition coefficient (Wildman–Crippen LogP) is 2.59. The minimum Gasteiger partial charge on any atom is -0.313 e. The standard InChI is InChI=1S/C14H28N2S/c1-12(10-16-6-4-3-5-7-16)9-15-14-8-13(2)17-11-14/h12-15H,3-11H2,1-2H3. The van der Waals surface area contributed by atoms with Gasteiger partial charge in [-0.15, -0.1) is 0 Å². The van der Waals surface area contributed by atoms with Crippen molar-refractivity contribution in [2.45, 2.75) is 50.8 Å². The van der Waals surface area contributed by atoms with Crippen molar-refractivity contribution in [3.8, 4) is 0 Å². The fourth-order valence-corrected chi connectivity index (χ4v) is 4.16. The molecule has 100 valence electrons. The van der Waals surface area contributed by atoms with Crippen molar-refractivity contribution >= 4 is 11.8 Å². The maximum atomic E-state index is 3.75. The number of likely N-dealkylation sites (tertiary alicyclic amines) is 1. The number of hydrogen-bond acceptors (Lipinski definition) is 3. The van der Waals surface area contributed by atoms with E-state index in [9.17, 15) is 0 Å². The van der Waals surface area contributed by atoms with Crippen LogP contribution in [-0.4, -0.2) is 48.1 Å². The average Bonchev–Trinajstić information content (AvgIpc) is 2.74. The van der Waals surface area contributed by atoms with Gasteiger partial charge in [-0.25, -0.2) is 0 Å². The number of nitrogens with zero attached hydrogens (tertiary/aromatic N) is 1. The molecule has 0 radical (unpaired) electrons. The second kappa shape index (κ2) is 7.01. The van der Waals surface area contributed by atoms with Gasteiger partial charge in [0.15, 0.2) is 0 Å². The molecule has 1 N–H and O–H groups in total. The maximum Gasteiger partial charge on any atom is 0.0168 e. The van der Waals surface area contributed by atoms with Gasteiger partial charge in [0.05, 0.1) is 0 Å². The van der Waals surface area contributed by atoms with Crippen molar-refractivity contribution in [2.75, 3.05) is 31.9 Å². The van der Waals surface area contributed by atoms with Crippen molar-refractivity contribution in [2.24, 2.45) is 5.92 Å². The molecule has 2 nitrogen and oxygen atoms in total. The van der Waals surface area contributed by atoms with Gasteiger partial charge >= 0.3 is 0 Å². The minimum atomic E-state index is 0.777. The molecule has 0 bridgehead atoms. The summed E-state index contributed by atoms with van der Waals surface area (Å²) in [5, 5.41) is 4.62. The third-order valence-corrected chi connectivity index (χ3v) is 5.33. The highest BCUT2D eigenvalue weighted by Crippen LogP contribution is 2.25. The molecule has 3 atom stereocenters. The lowest BCUT2D eigenvalue weighted by Crippen LogP contribution is -2.39. The molecule has 0 spiro atoms. The molecule has 3 unspecified atom stereocenters. The Kier molecular flexibility index (Phi) is 5.64. The third-order valence-electron chi connectivity index (χ3n) is 3.97. The van der Waals surface area contributed by atoms with Crippen molar-refractivity contribution in [3.05, 3.63) is 0 Å². The van der Waals surface area contributed by atoms with Crippen LogP contribution in [0.15, 0.2) is 0 Å². The van der Waals surface area contributed by atoms with Crippen LogP contribution in [0, 0.1) is 5.92 Å². The van der Waals surface area contributed by atoms with Gasteiger partial charge < -0.3 is 10.2 Å². The van der Waals surface area contributed by atoms with E-state index in [1.54, 1.807) is 0 Å². The second-order valence-electron chi connectivity index (χ2n) is 5.95. The second-order valence-corrected chi connectivity index (χ2v) is 7.42. The normalized spacial score (nSPS) is 32.8. The molecule has 2 rings (SSSR count). The molecule has 2 aliphatic rings. The van der Waals surface area contributed by atoms with E-state index < -0.39 is 0 Å². The zero-order chi connectivity index (χ0) is 12.1. The molecule has 2 aliphatic heterocycles. The number of nitrogens with one attached hydrogen (secondary N) is 1. The lowest BCUT2D eigenvalue weighted by Gasteiger charge is -2.29. The fraction of sp³-hybridized carbons (Fsp3) is 1.00. The largest absolute Gasteiger partial charge is 0.313 e. The predicted molar refractivity (Wildman–Crippen MR) is 77.8 cm³/mol. The SMILES string of the molecule is CC(CNC1CSC(C)C1)CN1CCCCC1. The number of rotatable bonds is 5. The number of hydrogen-bond donors (Lipinski definition) is 1. The molecule has 0 aromatic heterocycles. The summed E-state index contributed by atoms with van der Waals surface area (Å²) in [6.45, 7) is 9.91. The molecule has 2 heterocycles. The monoisotopic (exact) mass is 256 g/mol. The van der Waals surface area contributed by atoms with Crippen molar-refractivity contribution in [3.63, 3.8) is 0 Å². The van der Waals surface area contributed by atoms with Gasteiger partial charge in [-0.05, 0) is 44.8 Å². The Balaban J connectivity index is 1.58. The number of piperidine rings is 1. The summed E-state index contributed by atoms with van der Waals surface area (Å²) < 4.78 is 0. The van der Waals surface area contributed by atoms with E-state index in [0.29, 0.717) is 0 Å². The van der Waals surface area contributed by atoms with Gasteiger partial charge in [-0.1, -0.05) is 20.3 Å². The van der Waals surface area contributed by atoms with Gasteiger partial charge in [0.2, 0.25) is 0 Å². The molecule has 0 aliphatic carbocycles. The highest BCUT2D eigenvalue weighted by Gasteiger charge is 2.22. The Labute approximate surface area is 111 Å². The molecule has 2 fully saturated rings. The minimum absolute atomic E-state index is 0.777. The zero-order valence-corrected chi connectivity index (χ0v) is 12.3. The first-order valence-corrected chi connectivity index (χ1v) is 8.36. The highest BCUT2D eigenvalue weighted by molar-refractivity contribution is 8.00. The van der Waals surface area contributed by atoms with E-state index in [-0.39, 0.29) is 0 Å². The first-order valence-electron chi connectivity index (χ1n) is 7.31. The molecule has 0 saturated carbocycles. The zero-order valence-electron chi connectivity index (χ0n) is 11.5. The molecule has 3 heteroatoms. The fourth-order valence-electron chi connectivity index (χ4n) is 2.97. The van der Waals surface area contributed by atoms with E-state index in [2.05, 4.69) is 35.8 Å². The van der Waals surface area contributed by atoms with Crippen LogP contribution in [0.2, 0.25) is 0 Å². The topological polar surface area (TPSA) is 15.3 Å². The Hall–Kier alpha value is 0.270. The van der Waals surface area contributed by atoms with E-state index in [4.69, 9.17) is 0 Å². The Bertz CT molecular complexity index is 216. The summed E-state index contributed by atoms with van der Waals surface area (Å²) in [6, 6.07) is 0.777.